The molecule has 0 aromatic heterocycles. The van der Waals surface area contributed by atoms with Gasteiger partial charge in [-0.2, -0.15) is 5.06 Å². The van der Waals surface area contributed by atoms with Gasteiger partial charge in [0.1, 0.15) is 5.54 Å². The van der Waals surface area contributed by atoms with Gasteiger partial charge in [0.2, 0.25) is 0 Å². The highest BCUT2D eigenvalue weighted by atomic mass is 16.7. The highest BCUT2D eigenvalue weighted by Crippen LogP contribution is 2.48. The van der Waals surface area contributed by atoms with Gasteiger partial charge >= 0.3 is 6.16 Å². The first-order chi connectivity index (χ1) is 15.3. The van der Waals surface area contributed by atoms with Gasteiger partial charge in [0.05, 0.1) is 25.9 Å². The lowest BCUT2D eigenvalue weighted by Crippen LogP contribution is -2.55. The average Bonchev–Trinajstić information content (AvgIpc) is 2.94. The first-order valence-corrected chi connectivity index (χ1v) is 10.8. The molecule has 0 bridgehead atoms. The van der Waals surface area contributed by atoms with E-state index in [4.69, 9.17) is 19.1 Å². The number of rotatable bonds is 7. The SMILES string of the molecule is C=CCON1C(=O)C(c2c(C)cc(C)cc2C)=C(OC(=O)OCC)C12CCN(OC)CC2. The summed E-state index contributed by atoms with van der Waals surface area (Å²) < 4.78 is 10.9. The van der Waals surface area contributed by atoms with Gasteiger partial charge in [-0.05, 0) is 57.2 Å². The molecule has 2 heterocycles. The lowest BCUT2D eigenvalue weighted by atomic mass is 9.84. The second kappa shape index (κ2) is 9.85. The minimum atomic E-state index is -0.957. The number of benzene rings is 1. The van der Waals surface area contributed by atoms with Crippen molar-refractivity contribution in [1.82, 2.24) is 10.1 Å². The van der Waals surface area contributed by atoms with Gasteiger partial charge < -0.3 is 14.3 Å². The Morgan fingerprint density at radius 1 is 1.19 bits per heavy atom. The number of aryl methyl sites for hydroxylation is 3. The molecule has 0 radical (unpaired) electrons. The third kappa shape index (κ3) is 4.30. The van der Waals surface area contributed by atoms with E-state index in [1.807, 2.05) is 38.0 Å². The van der Waals surface area contributed by atoms with Crippen LogP contribution >= 0.6 is 0 Å². The predicted molar refractivity (Wildman–Crippen MR) is 119 cm³/mol. The van der Waals surface area contributed by atoms with Crippen molar-refractivity contribution in [2.45, 2.75) is 46.1 Å². The molecule has 8 nitrogen and oxygen atoms in total. The van der Waals surface area contributed by atoms with E-state index < -0.39 is 11.7 Å². The Labute approximate surface area is 189 Å². The zero-order valence-corrected chi connectivity index (χ0v) is 19.5. The zero-order valence-electron chi connectivity index (χ0n) is 19.5. The molecule has 1 aromatic rings. The summed E-state index contributed by atoms with van der Waals surface area (Å²) >= 11 is 0. The smallest absolute Gasteiger partial charge is 0.434 e. The number of piperidine rings is 1. The van der Waals surface area contributed by atoms with Crippen molar-refractivity contribution < 1.29 is 28.7 Å². The predicted octanol–water partition coefficient (Wildman–Crippen LogP) is 3.85. The molecule has 0 N–H and O–H groups in total. The number of carbonyl (C=O) groups excluding carboxylic acids is 2. The summed E-state index contributed by atoms with van der Waals surface area (Å²) in [5, 5.41) is 3.17. The van der Waals surface area contributed by atoms with Gasteiger partial charge in [-0.3, -0.25) is 9.63 Å². The van der Waals surface area contributed by atoms with Crippen LogP contribution in [0.25, 0.3) is 5.57 Å². The fourth-order valence-corrected chi connectivity index (χ4v) is 4.67. The lowest BCUT2D eigenvalue weighted by Gasteiger charge is -2.43. The van der Waals surface area contributed by atoms with Crippen molar-refractivity contribution in [1.29, 1.82) is 0 Å². The average molecular weight is 445 g/mol. The first-order valence-electron chi connectivity index (χ1n) is 10.8. The number of hydrogen-bond acceptors (Lipinski definition) is 7. The fourth-order valence-electron chi connectivity index (χ4n) is 4.67. The van der Waals surface area contributed by atoms with E-state index in [2.05, 4.69) is 6.58 Å². The topological polar surface area (TPSA) is 77.5 Å². The molecule has 0 aliphatic carbocycles. The van der Waals surface area contributed by atoms with Crippen molar-refractivity contribution in [3.8, 4) is 0 Å². The second-order valence-electron chi connectivity index (χ2n) is 8.09. The number of nitrogens with zero attached hydrogens (tertiary/aromatic N) is 2. The molecule has 1 amide bonds. The molecule has 1 aromatic carbocycles. The van der Waals surface area contributed by atoms with E-state index >= 15 is 0 Å². The Morgan fingerprint density at radius 2 is 1.81 bits per heavy atom. The molecule has 1 saturated heterocycles. The van der Waals surface area contributed by atoms with Crippen molar-refractivity contribution in [3.05, 3.63) is 52.8 Å². The highest BCUT2D eigenvalue weighted by Gasteiger charge is 2.57. The quantitative estimate of drug-likeness (QED) is 0.467. The monoisotopic (exact) mass is 444 g/mol. The van der Waals surface area contributed by atoms with E-state index in [9.17, 15) is 9.59 Å². The number of ether oxygens (including phenoxy) is 2. The number of carbonyl (C=O) groups is 2. The number of amides is 1. The van der Waals surface area contributed by atoms with E-state index in [0.717, 1.165) is 22.3 Å². The normalized spacial score (nSPS) is 18.4. The van der Waals surface area contributed by atoms with Gasteiger partial charge in [-0.15, -0.1) is 6.58 Å². The Balaban J connectivity index is 2.22. The third-order valence-electron chi connectivity index (χ3n) is 5.94. The Morgan fingerprint density at radius 3 is 2.34 bits per heavy atom. The van der Waals surface area contributed by atoms with Crippen LogP contribution < -0.4 is 0 Å². The maximum absolute atomic E-state index is 13.8. The maximum atomic E-state index is 13.8. The van der Waals surface area contributed by atoms with Gasteiger partial charge in [-0.1, -0.05) is 23.8 Å². The molecule has 1 fully saturated rings. The maximum Gasteiger partial charge on any atom is 0.513 e. The van der Waals surface area contributed by atoms with E-state index in [1.165, 1.54) is 5.06 Å². The highest BCUT2D eigenvalue weighted by molar-refractivity contribution is 6.23. The third-order valence-corrected chi connectivity index (χ3v) is 5.94. The molecular formula is C24H32N2O6. The van der Waals surface area contributed by atoms with Crippen molar-refractivity contribution in [2.75, 3.05) is 33.4 Å². The fraction of sp³-hybridized carbons (Fsp3) is 0.500. The molecule has 1 spiro atoms. The number of hydrogen-bond donors (Lipinski definition) is 0. The molecule has 0 saturated carbocycles. The minimum Gasteiger partial charge on any atom is -0.434 e. The summed E-state index contributed by atoms with van der Waals surface area (Å²) in [6.07, 6.45) is 1.67. The van der Waals surface area contributed by atoms with Crippen LogP contribution in [-0.2, 0) is 23.9 Å². The number of hydroxylamine groups is 4. The van der Waals surface area contributed by atoms with Crippen LogP contribution in [0.1, 0.15) is 42.0 Å². The van der Waals surface area contributed by atoms with E-state index in [0.29, 0.717) is 31.5 Å². The molecule has 0 atom stereocenters. The van der Waals surface area contributed by atoms with Crippen LogP contribution in [0.15, 0.2) is 30.5 Å². The second-order valence-corrected chi connectivity index (χ2v) is 8.09. The van der Waals surface area contributed by atoms with Crippen molar-refractivity contribution in [2.24, 2.45) is 0 Å². The standard InChI is InChI=1S/C24H32N2O6/c1-7-13-31-26-22(27)20(19-17(4)14-16(3)15-18(19)5)21(32-23(28)30-8-2)24(26)9-11-25(29-6)12-10-24/h7,14-15H,1,8-13H2,2-6H3. The lowest BCUT2D eigenvalue weighted by molar-refractivity contribution is -0.228. The Hall–Kier alpha value is -2.68. The van der Waals surface area contributed by atoms with E-state index in [-0.39, 0.29) is 24.9 Å². The summed E-state index contributed by atoms with van der Waals surface area (Å²) in [6.45, 7) is 12.7. The summed E-state index contributed by atoms with van der Waals surface area (Å²) in [4.78, 5) is 37.5. The van der Waals surface area contributed by atoms with Crippen LogP contribution in [0.3, 0.4) is 0 Å². The van der Waals surface area contributed by atoms with Crippen LogP contribution in [0.5, 0.6) is 0 Å². The Bertz CT molecular complexity index is 907. The first kappa shape index (κ1) is 24.0. The van der Waals surface area contributed by atoms with Gasteiger partial charge in [0.15, 0.2) is 5.76 Å². The van der Waals surface area contributed by atoms with Gasteiger partial charge in [-0.25, -0.2) is 9.86 Å². The Kier molecular flexibility index (Phi) is 7.38. The van der Waals surface area contributed by atoms with Crippen LogP contribution in [0, 0.1) is 20.8 Å². The molecule has 174 valence electrons. The molecule has 3 rings (SSSR count). The molecule has 0 unspecified atom stereocenters. The van der Waals surface area contributed by atoms with E-state index in [1.54, 1.807) is 20.1 Å². The van der Waals surface area contributed by atoms with Crippen LogP contribution in [-0.4, -0.2) is 61.1 Å². The molecular weight excluding hydrogens is 412 g/mol. The van der Waals surface area contributed by atoms with Gasteiger partial charge in [0.25, 0.3) is 5.91 Å². The minimum absolute atomic E-state index is 0.146. The van der Waals surface area contributed by atoms with Crippen LogP contribution in [0.2, 0.25) is 0 Å². The molecule has 8 heteroatoms. The van der Waals surface area contributed by atoms with Crippen LogP contribution in [0.4, 0.5) is 4.79 Å². The zero-order chi connectivity index (χ0) is 23.5. The largest absolute Gasteiger partial charge is 0.513 e. The molecule has 32 heavy (non-hydrogen) atoms. The summed E-state index contributed by atoms with van der Waals surface area (Å²) in [7, 11) is 1.61. The van der Waals surface area contributed by atoms with Crippen molar-refractivity contribution in [3.63, 3.8) is 0 Å². The summed E-state index contributed by atoms with van der Waals surface area (Å²) in [6, 6.07) is 4.02. The summed E-state index contributed by atoms with van der Waals surface area (Å²) in [5.74, 6) is -0.0668. The van der Waals surface area contributed by atoms with Crippen molar-refractivity contribution >= 4 is 17.6 Å². The van der Waals surface area contributed by atoms with Gasteiger partial charge in [0, 0.05) is 13.1 Å². The molecule has 2 aliphatic rings. The summed E-state index contributed by atoms with van der Waals surface area (Å²) in [5.41, 5.74) is 3.06. The molecule has 2 aliphatic heterocycles.